The summed E-state index contributed by atoms with van der Waals surface area (Å²) in [5.41, 5.74) is 1.62. The number of nitrogens with zero attached hydrogens (tertiary/aromatic N) is 2. The van der Waals surface area contributed by atoms with Gasteiger partial charge in [-0.05, 0) is 36.8 Å². The van der Waals surface area contributed by atoms with Gasteiger partial charge in [-0.15, -0.1) is 0 Å². The van der Waals surface area contributed by atoms with Crippen LogP contribution in [-0.2, 0) is 16.6 Å². The summed E-state index contributed by atoms with van der Waals surface area (Å²) in [5, 5.41) is 0. The van der Waals surface area contributed by atoms with Crippen molar-refractivity contribution in [1.82, 2.24) is 9.21 Å². The van der Waals surface area contributed by atoms with E-state index in [4.69, 9.17) is 9.47 Å². The topological polar surface area (TPSA) is 76.2 Å². The summed E-state index contributed by atoms with van der Waals surface area (Å²) in [6.07, 6.45) is 0. The number of hydrogen-bond acceptors (Lipinski definition) is 6. The highest BCUT2D eigenvalue weighted by atomic mass is 32.2. The molecule has 0 bridgehead atoms. The Hall–Kier alpha value is -2.42. The molecule has 0 N–H and O–H groups in total. The van der Waals surface area contributed by atoms with E-state index in [9.17, 15) is 13.2 Å². The molecule has 0 saturated carbocycles. The Morgan fingerprint density at radius 2 is 1.64 bits per heavy atom. The van der Waals surface area contributed by atoms with Crippen molar-refractivity contribution in [3.8, 4) is 11.5 Å². The first-order valence-electron chi connectivity index (χ1n) is 9.15. The number of rotatable bonds is 5. The van der Waals surface area contributed by atoms with Crippen molar-refractivity contribution in [1.29, 1.82) is 0 Å². The molecule has 0 aromatic heterocycles. The molecule has 0 radical (unpaired) electrons. The van der Waals surface area contributed by atoms with Crippen LogP contribution in [0.5, 0.6) is 11.5 Å². The van der Waals surface area contributed by atoms with Gasteiger partial charge >= 0.3 is 0 Å². The fourth-order valence-electron chi connectivity index (χ4n) is 3.44. The van der Waals surface area contributed by atoms with Crippen molar-refractivity contribution in [2.24, 2.45) is 0 Å². The number of piperazine rings is 1. The number of ketones is 1. The van der Waals surface area contributed by atoms with Crippen molar-refractivity contribution in [3.63, 3.8) is 0 Å². The Morgan fingerprint density at radius 3 is 2.32 bits per heavy atom. The first kappa shape index (κ1) is 18.9. The van der Waals surface area contributed by atoms with Crippen LogP contribution in [0, 0.1) is 0 Å². The molecule has 0 aliphatic carbocycles. The lowest BCUT2D eigenvalue weighted by atomic mass is 10.2. The summed E-state index contributed by atoms with van der Waals surface area (Å²) in [5.74, 6) is 1.43. The summed E-state index contributed by atoms with van der Waals surface area (Å²) in [6.45, 7) is 4.62. The number of fused-ring (bicyclic) bond motifs is 1. The van der Waals surface area contributed by atoms with Gasteiger partial charge in [0.05, 0.1) is 4.90 Å². The summed E-state index contributed by atoms with van der Waals surface area (Å²) in [7, 11) is -3.55. The Bertz CT molecular complexity index is 980. The lowest BCUT2D eigenvalue weighted by molar-refractivity contribution is 0.101. The van der Waals surface area contributed by atoms with Crippen LogP contribution in [0.2, 0.25) is 0 Å². The fourth-order valence-corrected chi connectivity index (χ4v) is 4.86. The molecular formula is C20H22N2O5S. The molecule has 0 amide bonds. The van der Waals surface area contributed by atoms with Crippen molar-refractivity contribution in [2.75, 3.05) is 33.0 Å². The molecular weight excluding hydrogens is 380 g/mol. The molecule has 2 heterocycles. The maximum absolute atomic E-state index is 12.9. The van der Waals surface area contributed by atoms with Crippen LogP contribution in [0.15, 0.2) is 47.4 Å². The third-order valence-electron chi connectivity index (χ3n) is 5.07. The zero-order valence-electron chi connectivity index (χ0n) is 15.6. The van der Waals surface area contributed by atoms with Gasteiger partial charge in [-0.3, -0.25) is 9.69 Å². The van der Waals surface area contributed by atoms with Crippen LogP contribution in [-0.4, -0.2) is 56.4 Å². The minimum absolute atomic E-state index is 0.0823. The first-order valence-corrected chi connectivity index (χ1v) is 10.6. The minimum Gasteiger partial charge on any atom is -0.454 e. The van der Waals surface area contributed by atoms with Crippen LogP contribution in [0.3, 0.4) is 0 Å². The van der Waals surface area contributed by atoms with E-state index in [2.05, 4.69) is 4.90 Å². The molecule has 1 fully saturated rings. The molecule has 7 nitrogen and oxygen atoms in total. The van der Waals surface area contributed by atoms with Crippen LogP contribution in [0.4, 0.5) is 0 Å². The largest absolute Gasteiger partial charge is 0.454 e. The lowest BCUT2D eigenvalue weighted by Gasteiger charge is -2.34. The van der Waals surface area contributed by atoms with E-state index in [1.54, 1.807) is 12.1 Å². The van der Waals surface area contributed by atoms with Gasteiger partial charge in [0.2, 0.25) is 16.8 Å². The maximum atomic E-state index is 12.9. The van der Waals surface area contributed by atoms with Gasteiger partial charge in [-0.2, -0.15) is 4.31 Å². The highest BCUT2D eigenvalue weighted by molar-refractivity contribution is 7.89. The van der Waals surface area contributed by atoms with Crippen molar-refractivity contribution in [3.05, 3.63) is 53.6 Å². The Balaban J connectivity index is 1.38. The van der Waals surface area contributed by atoms with Crippen LogP contribution >= 0.6 is 0 Å². The molecule has 1 saturated heterocycles. The van der Waals surface area contributed by atoms with Crippen LogP contribution in [0.25, 0.3) is 0 Å². The minimum atomic E-state index is -3.55. The van der Waals surface area contributed by atoms with Crippen LogP contribution in [0.1, 0.15) is 22.8 Å². The van der Waals surface area contributed by atoms with Gasteiger partial charge in [0.25, 0.3) is 0 Å². The second-order valence-electron chi connectivity index (χ2n) is 6.95. The Kier molecular flexibility index (Phi) is 5.09. The molecule has 0 atom stereocenters. The quantitative estimate of drug-likeness (QED) is 0.713. The highest BCUT2D eigenvalue weighted by Crippen LogP contribution is 2.33. The van der Waals surface area contributed by atoms with Gasteiger partial charge in [-0.25, -0.2) is 8.42 Å². The van der Waals surface area contributed by atoms with Gasteiger partial charge in [0, 0.05) is 38.3 Å². The summed E-state index contributed by atoms with van der Waals surface area (Å²) < 4.78 is 38.0. The van der Waals surface area contributed by atoms with Gasteiger partial charge < -0.3 is 9.47 Å². The third-order valence-corrected chi connectivity index (χ3v) is 6.99. The average Bonchev–Trinajstić information content (AvgIpc) is 3.16. The number of Topliss-reactive ketones (excluding diaryl/α,β-unsaturated/α-hetero) is 1. The zero-order chi connectivity index (χ0) is 19.7. The van der Waals surface area contributed by atoms with E-state index in [1.807, 2.05) is 18.2 Å². The number of hydrogen-bond donors (Lipinski definition) is 0. The zero-order valence-corrected chi connectivity index (χ0v) is 16.4. The van der Waals surface area contributed by atoms with E-state index >= 15 is 0 Å². The van der Waals surface area contributed by atoms with E-state index < -0.39 is 10.0 Å². The third kappa shape index (κ3) is 3.76. The summed E-state index contributed by atoms with van der Waals surface area (Å²) in [6, 6.07) is 12.0. The Morgan fingerprint density at radius 1 is 0.964 bits per heavy atom. The van der Waals surface area contributed by atoms with E-state index in [1.165, 1.54) is 23.4 Å². The standard InChI is InChI=1S/C20H22N2O5S/c1-15(23)17-3-5-18(6-4-17)28(24,25)22-10-8-21(9-11-22)13-16-2-7-19-20(12-16)27-14-26-19/h2-7,12H,8-11,13-14H2,1H3. The molecule has 148 valence electrons. The number of ether oxygens (including phenoxy) is 2. The molecule has 4 rings (SSSR count). The smallest absolute Gasteiger partial charge is 0.243 e. The number of carbonyl (C=O) groups excluding carboxylic acids is 1. The molecule has 2 aliphatic rings. The van der Waals surface area contributed by atoms with E-state index in [0.717, 1.165) is 23.6 Å². The Labute approximate surface area is 164 Å². The number of carbonyl (C=O) groups is 1. The van der Waals surface area contributed by atoms with E-state index in [0.29, 0.717) is 31.7 Å². The molecule has 28 heavy (non-hydrogen) atoms. The summed E-state index contributed by atoms with van der Waals surface area (Å²) >= 11 is 0. The fraction of sp³-hybridized carbons (Fsp3) is 0.350. The van der Waals surface area contributed by atoms with Gasteiger partial charge in [0.1, 0.15) is 0 Å². The summed E-state index contributed by atoms with van der Waals surface area (Å²) in [4.78, 5) is 13.8. The molecule has 8 heteroatoms. The SMILES string of the molecule is CC(=O)c1ccc(S(=O)(=O)N2CCN(Cc3ccc4c(c3)OCO4)CC2)cc1. The second kappa shape index (κ2) is 7.54. The van der Waals surface area contributed by atoms with E-state index in [-0.39, 0.29) is 17.5 Å². The normalized spacial score (nSPS) is 17.6. The monoisotopic (exact) mass is 402 g/mol. The average molecular weight is 402 g/mol. The predicted octanol–water partition coefficient (Wildman–Crippen LogP) is 2.12. The van der Waals surface area contributed by atoms with Crippen molar-refractivity contribution < 1.29 is 22.7 Å². The molecule has 2 aromatic carbocycles. The van der Waals surface area contributed by atoms with Gasteiger partial charge in [0.15, 0.2) is 17.3 Å². The van der Waals surface area contributed by atoms with Crippen molar-refractivity contribution >= 4 is 15.8 Å². The molecule has 2 aromatic rings. The number of benzene rings is 2. The lowest BCUT2D eigenvalue weighted by Crippen LogP contribution is -2.48. The first-order chi connectivity index (χ1) is 13.4. The van der Waals surface area contributed by atoms with Crippen LogP contribution < -0.4 is 9.47 Å². The number of sulfonamides is 1. The molecule has 0 unspecified atom stereocenters. The maximum Gasteiger partial charge on any atom is 0.243 e. The van der Waals surface area contributed by atoms with Crippen molar-refractivity contribution in [2.45, 2.75) is 18.4 Å². The highest BCUT2D eigenvalue weighted by Gasteiger charge is 2.28. The predicted molar refractivity (Wildman–Crippen MR) is 103 cm³/mol. The molecule has 0 spiro atoms. The second-order valence-corrected chi connectivity index (χ2v) is 8.89. The van der Waals surface area contributed by atoms with Gasteiger partial charge in [-0.1, -0.05) is 18.2 Å². The molecule has 2 aliphatic heterocycles.